The summed E-state index contributed by atoms with van der Waals surface area (Å²) in [6, 6.07) is 5.95. The van der Waals surface area contributed by atoms with E-state index in [1.807, 2.05) is 0 Å². The fraction of sp³-hybridized carbons (Fsp3) is 0. The largest absolute Gasteiger partial charge is 0.508 e. The Morgan fingerprint density at radius 2 is 2.29 bits per heavy atom. The number of carbonyl (C=O) groups excluding carboxylic acids is 1. The molecule has 0 aromatic heterocycles. The maximum atomic E-state index is 11.7. The number of hydrogen-bond donors (Lipinski definition) is 2. The van der Waals surface area contributed by atoms with E-state index in [1.54, 1.807) is 30.5 Å². The number of phenols is 1. The molecule has 5 heteroatoms. The molecule has 1 aromatic rings. The molecule has 2 N–H and O–H groups in total. The summed E-state index contributed by atoms with van der Waals surface area (Å²) in [5.74, 6) is -0.210. The smallest absolute Gasteiger partial charge is 0.343 e. The molecule has 1 heterocycles. The molecule has 1 aromatic carbocycles. The summed E-state index contributed by atoms with van der Waals surface area (Å²) in [7, 11) is 0. The van der Waals surface area contributed by atoms with Crippen molar-refractivity contribution in [3.63, 3.8) is 0 Å². The number of phenolic OH excluding ortho intramolecular Hbond substituents is 1. The number of allylic oxidation sites excluding steroid dienone is 3. The minimum Gasteiger partial charge on any atom is -0.508 e. The second-order valence-electron chi connectivity index (χ2n) is 3.26. The van der Waals surface area contributed by atoms with E-state index < -0.39 is 5.97 Å². The number of esters is 1. The second kappa shape index (κ2) is 4.98. The van der Waals surface area contributed by atoms with Gasteiger partial charge in [0.15, 0.2) is 5.76 Å². The van der Waals surface area contributed by atoms with Crippen LogP contribution in [0.25, 0.3) is 0 Å². The van der Waals surface area contributed by atoms with Gasteiger partial charge in [-0.3, -0.25) is 5.43 Å². The van der Waals surface area contributed by atoms with Gasteiger partial charge in [0.1, 0.15) is 5.75 Å². The highest BCUT2D eigenvalue weighted by atomic mass is 16.5. The molecule has 17 heavy (non-hydrogen) atoms. The minimum absolute atomic E-state index is 0.0181. The van der Waals surface area contributed by atoms with Crippen LogP contribution in [0.15, 0.2) is 53.5 Å². The Hall–Kier alpha value is -2.56. The van der Waals surface area contributed by atoms with Crippen LogP contribution in [0.2, 0.25) is 0 Å². The van der Waals surface area contributed by atoms with Crippen LogP contribution >= 0.6 is 0 Å². The lowest BCUT2D eigenvalue weighted by molar-refractivity contribution is 0.0645. The lowest BCUT2D eigenvalue weighted by Gasteiger charge is -2.03. The van der Waals surface area contributed by atoms with Crippen molar-refractivity contribution < 1.29 is 14.6 Å². The van der Waals surface area contributed by atoms with E-state index in [4.69, 9.17) is 4.74 Å². The Bertz CT molecular complexity index is 518. The summed E-state index contributed by atoms with van der Waals surface area (Å²) < 4.78 is 5.08. The molecule has 0 amide bonds. The van der Waals surface area contributed by atoms with E-state index in [-0.39, 0.29) is 11.3 Å². The van der Waals surface area contributed by atoms with E-state index in [0.29, 0.717) is 5.76 Å². The third-order valence-corrected chi connectivity index (χ3v) is 1.99. The van der Waals surface area contributed by atoms with Gasteiger partial charge < -0.3 is 9.84 Å². The average Bonchev–Trinajstić information content (AvgIpc) is 2.57. The monoisotopic (exact) mass is 230 g/mol. The van der Waals surface area contributed by atoms with Gasteiger partial charge in [-0.1, -0.05) is 6.07 Å². The number of nitrogens with one attached hydrogen (secondary N) is 1. The van der Waals surface area contributed by atoms with Crippen LogP contribution < -0.4 is 5.43 Å². The highest BCUT2D eigenvalue weighted by molar-refractivity contribution is 5.93. The Morgan fingerprint density at radius 3 is 3.12 bits per heavy atom. The van der Waals surface area contributed by atoms with Crippen molar-refractivity contribution in [2.24, 2.45) is 5.10 Å². The number of hydrazone groups is 1. The summed E-state index contributed by atoms with van der Waals surface area (Å²) in [6.45, 7) is 0. The number of carbonyl (C=O) groups is 1. The quantitative estimate of drug-likeness (QED) is 0.756. The molecule has 2 rings (SSSR count). The highest BCUT2D eigenvalue weighted by Gasteiger charge is 2.09. The topological polar surface area (TPSA) is 70.9 Å². The second-order valence-corrected chi connectivity index (χ2v) is 3.26. The van der Waals surface area contributed by atoms with Crippen LogP contribution in [0.4, 0.5) is 0 Å². The van der Waals surface area contributed by atoms with E-state index in [2.05, 4.69) is 10.5 Å². The Morgan fingerprint density at radius 1 is 1.41 bits per heavy atom. The van der Waals surface area contributed by atoms with Gasteiger partial charge in [0, 0.05) is 6.20 Å². The first-order valence-corrected chi connectivity index (χ1v) is 4.92. The number of nitrogens with zero attached hydrogens (tertiary/aromatic N) is 1. The van der Waals surface area contributed by atoms with Crippen molar-refractivity contribution in [2.75, 3.05) is 0 Å². The van der Waals surface area contributed by atoms with E-state index >= 15 is 0 Å². The summed E-state index contributed by atoms with van der Waals surface area (Å²) in [4.78, 5) is 11.7. The van der Waals surface area contributed by atoms with E-state index in [0.717, 1.165) is 0 Å². The maximum Gasteiger partial charge on any atom is 0.343 e. The number of hydrogen-bond acceptors (Lipinski definition) is 5. The van der Waals surface area contributed by atoms with Crippen LogP contribution in [-0.4, -0.2) is 17.3 Å². The van der Waals surface area contributed by atoms with Gasteiger partial charge in [0.25, 0.3) is 0 Å². The Kier molecular flexibility index (Phi) is 3.20. The zero-order chi connectivity index (χ0) is 12.1. The summed E-state index contributed by atoms with van der Waals surface area (Å²) in [6.07, 6.45) is 6.26. The van der Waals surface area contributed by atoms with Gasteiger partial charge in [-0.15, -0.1) is 0 Å². The summed E-state index contributed by atoms with van der Waals surface area (Å²) >= 11 is 0. The molecule has 0 radical (unpaired) electrons. The normalized spacial score (nSPS) is 13.5. The van der Waals surface area contributed by atoms with E-state index in [1.165, 1.54) is 18.3 Å². The SMILES string of the molecule is O=C(OC1=CC=CNN=C1)c1cccc(O)c1. The molecule has 5 nitrogen and oxygen atoms in total. The fourth-order valence-corrected chi connectivity index (χ4v) is 1.23. The molecule has 0 aliphatic carbocycles. The van der Waals surface area contributed by atoms with Crippen molar-refractivity contribution in [3.8, 4) is 5.75 Å². The number of rotatable bonds is 2. The van der Waals surface area contributed by atoms with Crippen LogP contribution in [0.3, 0.4) is 0 Å². The average molecular weight is 230 g/mol. The van der Waals surface area contributed by atoms with Gasteiger partial charge in [0.05, 0.1) is 11.8 Å². The van der Waals surface area contributed by atoms with Crippen molar-refractivity contribution in [3.05, 3.63) is 53.9 Å². The first kappa shape index (κ1) is 10.9. The minimum atomic E-state index is -0.547. The molecule has 0 bridgehead atoms. The summed E-state index contributed by atoms with van der Waals surface area (Å²) in [5.41, 5.74) is 2.88. The van der Waals surface area contributed by atoms with E-state index in [9.17, 15) is 9.90 Å². The van der Waals surface area contributed by atoms with Gasteiger partial charge in [-0.2, -0.15) is 5.10 Å². The zero-order valence-corrected chi connectivity index (χ0v) is 8.83. The molecule has 0 fully saturated rings. The van der Waals surface area contributed by atoms with Crippen molar-refractivity contribution in [1.29, 1.82) is 0 Å². The fourth-order valence-electron chi connectivity index (χ4n) is 1.23. The molecule has 0 saturated heterocycles. The van der Waals surface area contributed by atoms with Crippen LogP contribution in [0.5, 0.6) is 5.75 Å². The first-order chi connectivity index (χ1) is 8.25. The van der Waals surface area contributed by atoms with Gasteiger partial charge in [-0.05, 0) is 30.4 Å². The molecular formula is C12H10N2O3. The lowest BCUT2D eigenvalue weighted by atomic mass is 10.2. The van der Waals surface area contributed by atoms with Crippen LogP contribution in [0.1, 0.15) is 10.4 Å². The molecule has 0 spiro atoms. The Labute approximate surface area is 97.7 Å². The highest BCUT2D eigenvalue weighted by Crippen LogP contribution is 2.13. The molecule has 1 aliphatic rings. The molecule has 0 saturated carbocycles. The third-order valence-electron chi connectivity index (χ3n) is 1.99. The molecule has 1 aliphatic heterocycles. The third kappa shape index (κ3) is 2.94. The van der Waals surface area contributed by atoms with Crippen molar-refractivity contribution in [2.45, 2.75) is 0 Å². The predicted molar refractivity (Wildman–Crippen MR) is 62.4 cm³/mol. The van der Waals surface area contributed by atoms with Gasteiger partial charge >= 0.3 is 5.97 Å². The van der Waals surface area contributed by atoms with Gasteiger partial charge in [-0.25, -0.2) is 4.79 Å². The number of benzene rings is 1. The first-order valence-electron chi connectivity index (χ1n) is 4.92. The molecule has 86 valence electrons. The van der Waals surface area contributed by atoms with Gasteiger partial charge in [0.2, 0.25) is 0 Å². The molecule has 0 atom stereocenters. The van der Waals surface area contributed by atoms with Crippen molar-refractivity contribution in [1.82, 2.24) is 5.43 Å². The summed E-state index contributed by atoms with van der Waals surface area (Å²) in [5, 5.41) is 13.0. The number of aromatic hydroxyl groups is 1. The maximum absolute atomic E-state index is 11.7. The van der Waals surface area contributed by atoms with Crippen LogP contribution in [-0.2, 0) is 4.74 Å². The predicted octanol–water partition coefficient (Wildman–Crippen LogP) is 1.54. The lowest BCUT2D eigenvalue weighted by Crippen LogP contribution is -2.06. The van der Waals surface area contributed by atoms with Crippen molar-refractivity contribution >= 4 is 12.2 Å². The Balaban J connectivity index is 2.11. The molecular weight excluding hydrogens is 220 g/mol. The standard InChI is InChI=1S/C12H10N2O3/c15-10-4-1-3-9(7-10)12(16)17-11-5-2-6-13-14-8-11/h1-8,13,15H. The van der Waals surface area contributed by atoms with Crippen LogP contribution in [0, 0.1) is 0 Å². The number of ether oxygens (including phenoxy) is 1. The molecule has 0 unspecified atom stereocenters. The zero-order valence-electron chi connectivity index (χ0n) is 8.83.